The van der Waals surface area contributed by atoms with Crippen LogP contribution in [0.5, 0.6) is 0 Å². The van der Waals surface area contributed by atoms with Gasteiger partial charge in [-0.15, -0.1) is 0 Å². The number of halogens is 1. The summed E-state index contributed by atoms with van der Waals surface area (Å²) in [6.07, 6.45) is -0.316. The average molecular weight is 364 g/mol. The normalized spacial score (nSPS) is 12.7. The molecule has 1 atom stereocenters. The highest BCUT2D eigenvalue weighted by molar-refractivity contribution is 9.10. The molecular formula is C12H14BrNO5S. The van der Waals surface area contributed by atoms with Gasteiger partial charge in [0.2, 0.25) is 10.0 Å². The van der Waals surface area contributed by atoms with Crippen molar-refractivity contribution in [1.29, 1.82) is 0 Å². The van der Waals surface area contributed by atoms with Crippen LogP contribution in [0.1, 0.15) is 23.7 Å². The highest BCUT2D eigenvalue weighted by atomic mass is 79.9. The number of hydrogen-bond acceptors (Lipinski definition) is 4. The first kappa shape index (κ1) is 16.6. The SMILES string of the molecule is CCS(=O)(=O)Nc1ccc(C(=O)C(Br)CC(=O)O)cc1. The smallest absolute Gasteiger partial charge is 0.304 e. The molecule has 1 aromatic rings. The fraction of sp³-hybridized carbons (Fsp3) is 0.333. The lowest BCUT2D eigenvalue weighted by molar-refractivity contribution is -0.136. The number of Topliss-reactive ketones (excluding diaryl/α,β-unsaturated/α-hetero) is 1. The van der Waals surface area contributed by atoms with E-state index in [4.69, 9.17) is 5.11 Å². The van der Waals surface area contributed by atoms with E-state index < -0.39 is 20.8 Å². The Morgan fingerprint density at radius 3 is 2.30 bits per heavy atom. The number of ketones is 1. The summed E-state index contributed by atoms with van der Waals surface area (Å²) in [5, 5.41) is 8.62. The van der Waals surface area contributed by atoms with Gasteiger partial charge in [0.25, 0.3) is 0 Å². The van der Waals surface area contributed by atoms with Crippen LogP contribution in [-0.2, 0) is 14.8 Å². The molecule has 1 rings (SSSR count). The van der Waals surface area contributed by atoms with Gasteiger partial charge in [-0.1, -0.05) is 15.9 Å². The van der Waals surface area contributed by atoms with Crippen molar-refractivity contribution in [3.8, 4) is 0 Å². The summed E-state index contributed by atoms with van der Waals surface area (Å²) < 4.78 is 25.1. The lowest BCUT2D eigenvalue weighted by atomic mass is 10.1. The monoisotopic (exact) mass is 363 g/mol. The summed E-state index contributed by atoms with van der Waals surface area (Å²) in [7, 11) is -3.36. The molecule has 1 aromatic carbocycles. The number of anilines is 1. The number of rotatable bonds is 7. The number of aliphatic carboxylic acids is 1. The molecule has 0 aromatic heterocycles. The minimum atomic E-state index is -3.36. The van der Waals surface area contributed by atoms with Gasteiger partial charge in [0, 0.05) is 11.3 Å². The first-order valence-electron chi connectivity index (χ1n) is 5.76. The summed E-state index contributed by atoms with van der Waals surface area (Å²) in [4.78, 5) is 21.6. The third kappa shape index (κ3) is 4.93. The predicted molar refractivity (Wildman–Crippen MR) is 78.8 cm³/mol. The molecule has 0 aliphatic carbocycles. The number of alkyl halides is 1. The molecule has 0 heterocycles. The topological polar surface area (TPSA) is 101 Å². The third-order valence-corrected chi connectivity index (χ3v) is 4.51. The second-order valence-electron chi connectivity index (χ2n) is 4.01. The zero-order valence-corrected chi connectivity index (χ0v) is 13.1. The Balaban J connectivity index is 2.81. The highest BCUT2D eigenvalue weighted by Crippen LogP contribution is 2.17. The van der Waals surface area contributed by atoms with Gasteiger partial charge in [-0.3, -0.25) is 14.3 Å². The van der Waals surface area contributed by atoms with E-state index in [1.54, 1.807) is 0 Å². The van der Waals surface area contributed by atoms with Crippen LogP contribution < -0.4 is 4.72 Å². The Kier molecular flexibility index (Phi) is 5.70. The molecule has 0 fully saturated rings. The molecule has 0 aliphatic rings. The van der Waals surface area contributed by atoms with Crippen LogP contribution >= 0.6 is 15.9 Å². The van der Waals surface area contributed by atoms with E-state index in [0.29, 0.717) is 11.3 Å². The minimum Gasteiger partial charge on any atom is -0.481 e. The molecule has 0 radical (unpaired) electrons. The molecular weight excluding hydrogens is 350 g/mol. The standard InChI is InChI=1S/C12H14BrNO5S/c1-2-20(18,19)14-9-5-3-8(4-6-9)12(17)10(13)7-11(15)16/h3-6,10,14H,2,7H2,1H3,(H,15,16). The second-order valence-corrected chi connectivity index (χ2v) is 7.13. The molecule has 0 amide bonds. The maximum Gasteiger partial charge on any atom is 0.304 e. The van der Waals surface area contributed by atoms with E-state index in [9.17, 15) is 18.0 Å². The van der Waals surface area contributed by atoms with Gasteiger partial charge in [-0.2, -0.15) is 0 Å². The number of benzene rings is 1. The van der Waals surface area contributed by atoms with Gasteiger partial charge in [0.05, 0.1) is 17.0 Å². The molecule has 2 N–H and O–H groups in total. The number of carbonyl (C=O) groups is 2. The summed E-state index contributed by atoms with van der Waals surface area (Å²) in [5.74, 6) is -1.49. The molecule has 0 saturated heterocycles. The number of sulfonamides is 1. The number of carboxylic acids is 1. The number of carbonyl (C=O) groups excluding carboxylic acids is 1. The van der Waals surface area contributed by atoms with E-state index in [2.05, 4.69) is 20.7 Å². The van der Waals surface area contributed by atoms with Crippen LogP contribution in [0, 0.1) is 0 Å². The fourth-order valence-electron chi connectivity index (χ4n) is 1.38. The highest BCUT2D eigenvalue weighted by Gasteiger charge is 2.20. The van der Waals surface area contributed by atoms with Gasteiger partial charge >= 0.3 is 5.97 Å². The van der Waals surface area contributed by atoms with Crippen LogP contribution in [0.2, 0.25) is 0 Å². The van der Waals surface area contributed by atoms with Gasteiger partial charge < -0.3 is 5.11 Å². The first-order valence-corrected chi connectivity index (χ1v) is 8.32. The first-order chi connectivity index (χ1) is 9.25. The Bertz CT molecular complexity index is 597. The van der Waals surface area contributed by atoms with Crippen LogP contribution in [0.3, 0.4) is 0 Å². The Morgan fingerprint density at radius 2 is 1.85 bits per heavy atom. The molecule has 0 aliphatic heterocycles. The number of carboxylic acid groups (broad SMARTS) is 1. The van der Waals surface area contributed by atoms with Crippen LogP contribution in [0.25, 0.3) is 0 Å². The van der Waals surface area contributed by atoms with E-state index in [-0.39, 0.29) is 18.0 Å². The molecule has 0 spiro atoms. The number of hydrogen-bond donors (Lipinski definition) is 2. The zero-order valence-electron chi connectivity index (χ0n) is 10.7. The average Bonchev–Trinajstić information content (AvgIpc) is 2.37. The van der Waals surface area contributed by atoms with E-state index in [0.717, 1.165) is 0 Å². The Hall–Kier alpha value is -1.41. The molecule has 110 valence electrons. The van der Waals surface area contributed by atoms with Crippen LogP contribution in [0.4, 0.5) is 5.69 Å². The van der Waals surface area contributed by atoms with Gasteiger partial charge in [-0.05, 0) is 31.2 Å². The van der Waals surface area contributed by atoms with Gasteiger partial charge in [-0.25, -0.2) is 8.42 Å². The van der Waals surface area contributed by atoms with Crippen molar-refractivity contribution >= 4 is 43.4 Å². The lowest BCUT2D eigenvalue weighted by Crippen LogP contribution is -2.18. The lowest BCUT2D eigenvalue weighted by Gasteiger charge is -2.08. The minimum absolute atomic E-state index is 0.0459. The molecule has 8 heteroatoms. The van der Waals surface area contributed by atoms with Crippen molar-refractivity contribution in [3.63, 3.8) is 0 Å². The van der Waals surface area contributed by atoms with Gasteiger partial charge in [0.1, 0.15) is 0 Å². The number of nitrogens with one attached hydrogen (secondary N) is 1. The van der Waals surface area contributed by atoms with Gasteiger partial charge in [0.15, 0.2) is 5.78 Å². The van der Waals surface area contributed by atoms with E-state index in [1.165, 1.54) is 31.2 Å². The summed E-state index contributed by atoms with van der Waals surface area (Å²) >= 11 is 3.02. The van der Waals surface area contributed by atoms with E-state index >= 15 is 0 Å². The van der Waals surface area contributed by atoms with Crippen molar-refractivity contribution in [2.75, 3.05) is 10.5 Å². The van der Waals surface area contributed by atoms with Crippen molar-refractivity contribution in [1.82, 2.24) is 0 Å². The van der Waals surface area contributed by atoms with Crippen molar-refractivity contribution in [2.24, 2.45) is 0 Å². The Labute approximate surface area is 125 Å². The van der Waals surface area contributed by atoms with Crippen LogP contribution in [0.15, 0.2) is 24.3 Å². The molecule has 20 heavy (non-hydrogen) atoms. The predicted octanol–water partition coefficient (Wildman–Crippen LogP) is 1.87. The molecule has 6 nitrogen and oxygen atoms in total. The van der Waals surface area contributed by atoms with Crippen molar-refractivity contribution < 1.29 is 23.1 Å². The molecule has 0 bridgehead atoms. The summed E-state index contributed by atoms with van der Waals surface area (Å²) in [6, 6.07) is 5.82. The van der Waals surface area contributed by atoms with Crippen molar-refractivity contribution in [2.45, 2.75) is 18.2 Å². The zero-order chi connectivity index (χ0) is 15.3. The fourth-order valence-corrected chi connectivity index (χ4v) is 2.56. The second kappa shape index (κ2) is 6.85. The van der Waals surface area contributed by atoms with E-state index in [1.807, 2.05) is 0 Å². The molecule has 1 unspecified atom stereocenters. The maximum atomic E-state index is 11.9. The summed E-state index contributed by atoms with van der Waals surface area (Å²) in [5.41, 5.74) is 0.667. The maximum absolute atomic E-state index is 11.9. The summed E-state index contributed by atoms with van der Waals surface area (Å²) in [6.45, 7) is 1.52. The molecule has 0 saturated carbocycles. The largest absolute Gasteiger partial charge is 0.481 e. The van der Waals surface area contributed by atoms with Crippen LogP contribution in [-0.4, -0.2) is 35.9 Å². The Morgan fingerprint density at radius 1 is 1.30 bits per heavy atom. The quantitative estimate of drug-likeness (QED) is 0.568. The van der Waals surface area contributed by atoms with Crippen molar-refractivity contribution in [3.05, 3.63) is 29.8 Å². The third-order valence-electron chi connectivity index (χ3n) is 2.46.